The van der Waals surface area contributed by atoms with Crippen LogP contribution in [0.15, 0.2) is 18.2 Å². The molecule has 1 aromatic rings. The van der Waals surface area contributed by atoms with Crippen molar-refractivity contribution in [3.8, 4) is 5.75 Å². The number of nitrogens with one attached hydrogen (secondary N) is 1. The third-order valence-electron chi connectivity index (χ3n) is 3.98. The number of carbonyl (C=O) groups is 1. The maximum atomic E-state index is 12.4. The third kappa shape index (κ3) is 5.32. The van der Waals surface area contributed by atoms with Crippen molar-refractivity contribution in [1.29, 1.82) is 0 Å². The summed E-state index contributed by atoms with van der Waals surface area (Å²) in [4.78, 5) is 14.5. The van der Waals surface area contributed by atoms with Crippen LogP contribution in [-0.4, -0.2) is 36.5 Å². The fourth-order valence-corrected chi connectivity index (χ4v) is 2.89. The van der Waals surface area contributed by atoms with E-state index in [1.54, 1.807) is 0 Å². The Balaban J connectivity index is 1.97. The molecule has 1 fully saturated rings. The predicted molar refractivity (Wildman–Crippen MR) is 86.2 cm³/mol. The summed E-state index contributed by atoms with van der Waals surface area (Å²) < 4.78 is 28.7. The van der Waals surface area contributed by atoms with E-state index in [-0.39, 0.29) is 22.7 Å². The van der Waals surface area contributed by atoms with Crippen LogP contribution in [0, 0.1) is 0 Å². The second kappa shape index (κ2) is 8.45. The average Bonchev–Trinajstić information content (AvgIpc) is 2.78. The molecule has 4 nitrogen and oxygen atoms in total. The second-order valence-corrected chi connectivity index (χ2v) is 6.05. The summed E-state index contributed by atoms with van der Waals surface area (Å²) in [5.74, 6) is -0.245. The molecule has 128 valence electrons. The van der Waals surface area contributed by atoms with E-state index in [0.29, 0.717) is 5.69 Å². The molecular weight excluding hydrogens is 326 g/mol. The van der Waals surface area contributed by atoms with Crippen LogP contribution in [0.25, 0.3) is 0 Å². The Morgan fingerprint density at radius 2 is 1.91 bits per heavy atom. The van der Waals surface area contributed by atoms with Gasteiger partial charge in [0.05, 0.1) is 11.1 Å². The molecule has 1 atom stereocenters. The summed E-state index contributed by atoms with van der Waals surface area (Å²) in [5.41, 5.74) is 0.461. The summed E-state index contributed by atoms with van der Waals surface area (Å²) in [7, 11) is 0. The lowest BCUT2D eigenvalue weighted by Crippen LogP contribution is -2.42. The highest BCUT2D eigenvalue weighted by molar-refractivity contribution is 6.32. The Bertz CT molecular complexity index is 535. The average molecular weight is 347 g/mol. The zero-order valence-corrected chi connectivity index (χ0v) is 13.8. The lowest BCUT2D eigenvalue weighted by atomic mass is 10.2. The molecule has 1 heterocycles. The topological polar surface area (TPSA) is 41.6 Å². The number of rotatable bonds is 5. The van der Waals surface area contributed by atoms with E-state index in [9.17, 15) is 13.6 Å². The molecule has 1 aliphatic heterocycles. The summed E-state index contributed by atoms with van der Waals surface area (Å²) in [6, 6.07) is 3.98. The number of nitrogens with zero attached hydrogens (tertiary/aromatic N) is 1. The van der Waals surface area contributed by atoms with Crippen LogP contribution in [-0.2, 0) is 4.79 Å². The molecule has 0 spiro atoms. The van der Waals surface area contributed by atoms with Gasteiger partial charge < -0.3 is 10.1 Å². The van der Waals surface area contributed by atoms with E-state index in [1.807, 2.05) is 6.92 Å². The van der Waals surface area contributed by atoms with Crippen LogP contribution >= 0.6 is 11.6 Å². The van der Waals surface area contributed by atoms with E-state index >= 15 is 0 Å². The molecular formula is C16H21ClF2N2O2. The zero-order chi connectivity index (χ0) is 16.8. The molecule has 1 saturated heterocycles. The van der Waals surface area contributed by atoms with Crippen molar-refractivity contribution in [2.45, 2.75) is 45.3 Å². The molecule has 0 saturated carbocycles. The van der Waals surface area contributed by atoms with Crippen molar-refractivity contribution in [1.82, 2.24) is 4.90 Å². The first-order valence-electron chi connectivity index (χ1n) is 7.76. The molecule has 2 rings (SSSR count). The molecule has 7 heteroatoms. The number of hydrogen-bond acceptors (Lipinski definition) is 3. The highest BCUT2D eigenvalue weighted by Crippen LogP contribution is 2.29. The van der Waals surface area contributed by atoms with Crippen molar-refractivity contribution >= 4 is 23.2 Å². The number of anilines is 1. The van der Waals surface area contributed by atoms with Gasteiger partial charge >= 0.3 is 6.61 Å². The molecule has 0 aliphatic carbocycles. The minimum atomic E-state index is -2.93. The zero-order valence-electron chi connectivity index (χ0n) is 13.0. The maximum absolute atomic E-state index is 12.4. The minimum Gasteiger partial charge on any atom is -0.433 e. The fraction of sp³-hybridized carbons (Fsp3) is 0.562. The van der Waals surface area contributed by atoms with Crippen molar-refractivity contribution in [2.24, 2.45) is 0 Å². The number of alkyl halides is 2. The molecule has 1 N–H and O–H groups in total. The number of benzene rings is 1. The van der Waals surface area contributed by atoms with Crippen LogP contribution < -0.4 is 10.1 Å². The molecule has 1 aliphatic rings. The van der Waals surface area contributed by atoms with Gasteiger partial charge in [-0.15, -0.1) is 0 Å². The lowest BCUT2D eigenvalue weighted by molar-refractivity contribution is -0.120. The van der Waals surface area contributed by atoms with Gasteiger partial charge in [-0.05, 0) is 51.1 Å². The summed E-state index contributed by atoms with van der Waals surface area (Å²) in [5, 5.41) is 2.81. The van der Waals surface area contributed by atoms with Crippen LogP contribution in [0.1, 0.15) is 32.6 Å². The van der Waals surface area contributed by atoms with Gasteiger partial charge in [0.1, 0.15) is 5.75 Å². The number of halogens is 3. The summed E-state index contributed by atoms with van der Waals surface area (Å²) in [6.07, 6.45) is 4.60. The third-order valence-corrected chi connectivity index (χ3v) is 4.28. The van der Waals surface area contributed by atoms with Gasteiger partial charge in [0.15, 0.2) is 0 Å². The highest BCUT2D eigenvalue weighted by atomic mass is 35.5. The van der Waals surface area contributed by atoms with Gasteiger partial charge in [0.2, 0.25) is 5.91 Å². The highest BCUT2D eigenvalue weighted by Gasteiger charge is 2.22. The Labute approximate surface area is 139 Å². The minimum absolute atomic E-state index is 0.0329. The molecule has 1 aromatic carbocycles. The Hall–Kier alpha value is -1.40. The number of hydrogen-bond donors (Lipinski definition) is 1. The SMILES string of the molecule is CC(C(=O)Nc1ccc(OC(F)F)c(Cl)c1)N1CCCCCC1. The Morgan fingerprint density at radius 1 is 1.26 bits per heavy atom. The first kappa shape index (κ1) is 17.9. The first-order valence-corrected chi connectivity index (χ1v) is 8.14. The molecule has 23 heavy (non-hydrogen) atoms. The Kier molecular flexibility index (Phi) is 6.59. The molecule has 0 radical (unpaired) electrons. The van der Waals surface area contributed by atoms with Crippen molar-refractivity contribution in [3.05, 3.63) is 23.2 Å². The van der Waals surface area contributed by atoms with Gasteiger partial charge in [-0.2, -0.15) is 8.78 Å². The number of ether oxygens (including phenoxy) is 1. The Morgan fingerprint density at radius 3 is 2.48 bits per heavy atom. The standard InChI is InChI=1S/C16H21ClF2N2O2/c1-11(21-8-4-2-3-5-9-21)15(22)20-12-6-7-14(13(17)10-12)23-16(18)19/h6-7,10-11,16H,2-5,8-9H2,1H3,(H,20,22). The van der Waals surface area contributed by atoms with Gasteiger partial charge in [-0.1, -0.05) is 24.4 Å². The normalized spacial score (nSPS) is 17.6. The molecule has 0 bridgehead atoms. The second-order valence-electron chi connectivity index (χ2n) is 5.64. The van der Waals surface area contributed by atoms with Crippen molar-refractivity contribution in [3.63, 3.8) is 0 Å². The van der Waals surface area contributed by atoms with E-state index in [4.69, 9.17) is 11.6 Å². The molecule has 0 aromatic heterocycles. The molecule has 1 unspecified atom stereocenters. The van der Waals surface area contributed by atoms with Crippen molar-refractivity contribution < 1.29 is 18.3 Å². The monoisotopic (exact) mass is 346 g/mol. The van der Waals surface area contributed by atoms with Gasteiger partial charge in [-0.25, -0.2) is 0 Å². The smallest absolute Gasteiger partial charge is 0.387 e. The predicted octanol–water partition coefficient (Wildman–Crippen LogP) is 4.14. The lowest BCUT2D eigenvalue weighted by Gasteiger charge is -2.26. The van der Waals surface area contributed by atoms with E-state index in [0.717, 1.165) is 25.9 Å². The molecule has 1 amide bonds. The van der Waals surface area contributed by atoms with Crippen LogP contribution in [0.3, 0.4) is 0 Å². The summed E-state index contributed by atoms with van der Waals surface area (Å²) in [6.45, 7) is 0.764. The van der Waals surface area contributed by atoms with E-state index in [2.05, 4.69) is 15.0 Å². The van der Waals surface area contributed by atoms with Gasteiger partial charge in [-0.3, -0.25) is 9.69 Å². The number of amides is 1. The summed E-state index contributed by atoms with van der Waals surface area (Å²) >= 11 is 5.89. The largest absolute Gasteiger partial charge is 0.433 e. The first-order chi connectivity index (χ1) is 11.0. The quantitative estimate of drug-likeness (QED) is 0.871. The van der Waals surface area contributed by atoms with E-state index < -0.39 is 6.61 Å². The van der Waals surface area contributed by atoms with Crippen LogP contribution in [0.5, 0.6) is 5.75 Å². The fourth-order valence-electron chi connectivity index (χ4n) is 2.67. The van der Waals surface area contributed by atoms with Crippen LogP contribution in [0.2, 0.25) is 5.02 Å². The number of carbonyl (C=O) groups excluding carboxylic acids is 1. The van der Waals surface area contributed by atoms with Gasteiger partial charge in [0, 0.05) is 5.69 Å². The van der Waals surface area contributed by atoms with Crippen LogP contribution in [0.4, 0.5) is 14.5 Å². The van der Waals surface area contributed by atoms with Gasteiger partial charge in [0.25, 0.3) is 0 Å². The maximum Gasteiger partial charge on any atom is 0.387 e. The number of likely N-dealkylation sites (tertiary alicyclic amines) is 1. The van der Waals surface area contributed by atoms with E-state index in [1.165, 1.54) is 31.0 Å². The van der Waals surface area contributed by atoms with Crippen molar-refractivity contribution in [2.75, 3.05) is 18.4 Å².